The van der Waals surface area contributed by atoms with Crippen molar-refractivity contribution in [2.24, 2.45) is 0 Å². The van der Waals surface area contributed by atoms with Gasteiger partial charge in [0.15, 0.2) is 0 Å². The van der Waals surface area contributed by atoms with Crippen LogP contribution >= 0.6 is 0 Å². The smallest absolute Gasteiger partial charge is 0.407 e. The van der Waals surface area contributed by atoms with E-state index in [-0.39, 0.29) is 0 Å². The van der Waals surface area contributed by atoms with Crippen LogP contribution in [0.3, 0.4) is 0 Å². The highest BCUT2D eigenvalue weighted by Gasteiger charge is 2.18. The third-order valence-electron chi connectivity index (χ3n) is 1.30. The molecule has 1 unspecified atom stereocenters. The van der Waals surface area contributed by atoms with Crippen LogP contribution in [-0.2, 0) is 4.74 Å². The van der Waals surface area contributed by atoms with Crippen molar-refractivity contribution in [3.8, 4) is 0 Å². The van der Waals surface area contributed by atoms with Gasteiger partial charge in [-0.15, -0.1) is 6.58 Å². The zero-order valence-corrected chi connectivity index (χ0v) is 8.91. The Hall–Kier alpha value is -1.03. The number of hydrogen-bond donors (Lipinski definition) is 2. The van der Waals surface area contributed by atoms with Crippen molar-refractivity contribution in [3.05, 3.63) is 12.7 Å². The first-order chi connectivity index (χ1) is 6.76. The molecule has 0 aliphatic rings. The fourth-order valence-corrected chi connectivity index (χ4v) is 0.796. The van der Waals surface area contributed by atoms with Crippen LogP contribution < -0.4 is 5.32 Å². The summed E-state index contributed by atoms with van der Waals surface area (Å²) in [6.07, 6.45) is 1.21. The average Bonchev–Trinajstić information content (AvgIpc) is 1.99. The monoisotopic (exact) mass is 202 g/mol. The Morgan fingerprint density at radius 3 is 2.71 bits per heavy atom. The van der Waals surface area contributed by atoms with E-state index < -0.39 is 24.3 Å². The van der Waals surface area contributed by atoms with E-state index in [1.54, 1.807) is 20.8 Å². The van der Waals surface area contributed by atoms with Crippen molar-refractivity contribution in [3.63, 3.8) is 0 Å². The Morgan fingerprint density at radius 1 is 1.79 bits per heavy atom. The molecular weight excluding hydrogens is 182 g/mol. The van der Waals surface area contributed by atoms with E-state index in [1.807, 2.05) is 0 Å². The highest BCUT2D eigenvalue weighted by atomic mass is 16.6. The topological polar surface area (TPSA) is 58.6 Å². The highest BCUT2D eigenvalue weighted by molar-refractivity contribution is 5.68. The van der Waals surface area contributed by atoms with Crippen molar-refractivity contribution in [2.75, 3.05) is 6.58 Å². The maximum absolute atomic E-state index is 11.3. The lowest BCUT2D eigenvalue weighted by molar-refractivity contribution is 0.0484. The van der Waals surface area contributed by atoms with Gasteiger partial charge in [0.05, 0.1) is 14.0 Å². The second-order valence-electron chi connectivity index (χ2n) is 3.93. The largest absolute Gasteiger partial charge is 0.444 e. The summed E-state index contributed by atoms with van der Waals surface area (Å²) >= 11 is 0. The van der Waals surface area contributed by atoms with Gasteiger partial charge in [-0.25, -0.2) is 4.79 Å². The van der Waals surface area contributed by atoms with E-state index in [2.05, 4.69) is 11.9 Å². The van der Waals surface area contributed by atoms with E-state index in [0.717, 1.165) is 0 Å². The molecule has 0 aliphatic heterocycles. The van der Waals surface area contributed by atoms with E-state index in [0.29, 0.717) is 6.42 Å². The number of amides is 1. The Kier molecular flexibility index (Phi) is 4.46. The normalized spacial score (nSPS) is 16.4. The number of nitrogens with one attached hydrogen (secondary N) is 1. The first-order valence-corrected chi connectivity index (χ1v) is 4.47. The summed E-state index contributed by atoms with van der Waals surface area (Å²) in [7, 11) is 0. The lowest BCUT2D eigenvalue weighted by Crippen LogP contribution is -2.40. The zero-order valence-electron chi connectivity index (χ0n) is 9.91. The molecule has 0 aliphatic carbocycles. The predicted octanol–water partition coefficient (Wildman–Crippen LogP) is 1.45. The molecular formula is C10H19NO3. The van der Waals surface area contributed by atoms with Crippen LogP contribution in [0.5, 0.6) is 0 Å². The van der Waals surface area contributed by atoms with Gasteiger partial charge in [-0.05, 0) is 27.2 Å². The molecule has 2 atom stereocenters. The molecule has 0 radical (unpaired) electrons. The maximum Gasteiger partial charge on any atom is 0.407 e. The van der Waals surface area contributed by atoms with Crippen LogP contribution in [0, 0.1) is 0 Å². The SMILES string of the molecule is [2H]C(O)[C@H](CC=C)NC(=O)OC(C)(C)C. The number of rotatable bonds is 4. The molecule has 1 amide bonds. The molecule has 0 aromatic carbocycles. The van der Waals surface area contributed by atoms with E-state index >= 15 is 0 Å². The lowest BCUT2D eigenvalue weighted by atomic mass is 10.2. The molecule has 0 fully saturated rings. The van der Waals surface area contributed by atoms with Gasteiger partial charge in [-0.3, -0.25) is 0 Å². The number of carbonyl (C=O) groups excluding carboxylic acids is 1. The van der Waals surface area contributed by atoms with Crippen molar-refractivity contribution in [1.82, 2.24) is 5.32 Å². The van der Waals surface area contributed by atoms with Crippen molar-refractivity contribution in [2.45, 2.75) is 38.8 Å². The maximum atomic E-state index is 11.3. The molecule has 0 aromatic heterocycles. The second-order valence-corrected chi connectivity index (χ2v) is 3.93. The molecule has 14 heavy (non-hydrogen) atoms. The Bertz CT molecular complexity index is 223. The molecule has 4 heteroatoms. The molecule has 0 heterocycles. The van der Waals surface area contributed by atoms with Gasteiger partial charge in [0, 0.05) is 0 Å². The van der Waals surface area contributed by atoms with Crippen LogP contribution in [0.1, 0.15) is 28.6 Å². The first-order valence-electron chi connectivity index (χ1n) is 5.04. The van der Waals surface area contributed by atoms with Gasteiger partial charge < -0.3 is 15.2 Å². The Labute approximate surface area is 86.4 Å². The minimum atomic E-state index is -1.38. The Morgan fingerprint density at radius 2 is 2.36 bits per heavy atom. The summed E-state index contributed by atoms with van der Waals surface area (Å²) in [5.41, 5.74) is -0.588. The number of hydrogen-bond acceptors (Lipinski definition) is 3. The quantitative estimate of drug-likeness (QED) is 0.678. The molecule has 0 aromatic rings. The van der Waals surface area contributed by atoms with Crippen LogP contribution in [0.2, 0.25) is 0 Å². The summed E-state index contributed by atoms with van der Waals surface area (Å²) in [5, 5.41) is 11.4. The fourth-order valence-electron chi connectivity index (χ4n) is 0.796. The van der Waals surface area contributed by atoms with Gasteiger partial charge in [0.25, 0.3) is 0 Å². The van der Waals surface area contributed by atoms with Gasteiger partial charge in [-0.1, -0.05) is 6.08 Å². The molecule has 0 saturated heterocycles. The Balaban J connectivity index is 4.17. The van der Waals surface area contributed by atoms with Crippen LogP contribution in [0.4, 0.5) is 4.79 Å². The molecule has 0 bridgehead atoms. The van der Waals surface area contributed by atoms with Crippen molar-refractivity contribution >= 4 is 6.09 Å². The number of carbonyl (C=O) groups is 1. The molecule has 0 saturated carbocycles. The third kappa shape index (κ3) is 6.48. The van der Waals surface area contributed by atoms with Crippen LogP contribution in [0.25, 0.3) is 0 Å². The van der Waals surface area contributed by atoms with Gasteiger partial charge >= 0.3 is 6.09 Å². The fraction of sp³-hybridized carbons (Fsp3) is 0.700. The summed E-state index contributed by atoms with van der Waals surface area (Å²) in [5.74, 6) is 0. The lowest BCUT2D eigenvalue weighted by Gasteiger charge is -2.22. The van der Waals surface area contributed by atoms with Gasteiger partial charge in [0.1, 0.15) is 5.60 Å². The number of aliphatic hydroxyl groups is 1. The van der Waals surface area contributed by atoms with E-state index in [1.165, 1.54) is 6.08 Å². The number of ether oxygens (including phenoxy) is 1. The van der Waals surface area contributed by atoms with Gasteiger partial charge in [0.2, 0.25) is 0 Å². The molecule has 2 N–H and O–H groups in total. The first kappa shape index (κ1) is 11.0. The van der Waals surface area contributed by atoms with Crippen molar-refractivity contribution < 1.29 is 16.0 Å². The van der Waals surface area contributed by atoms with E-state index in [9.17, 15) is 4.79 Å². The molecule has 82 valence electrons. The summed E-state index contributed by atoms with van der Waals surface area (Å²) in [4.78, 5) is 11.3. The highest BCUT2D eigenvalue weighted by Crippen LogP contribution is 2.07. The minimum absolute atomic E-state index is 0.323. The van der Waals surface area contributed by atoms with Crippen LogP contribution in [0.15, 0.2) is 12.7 Å². The van der Waals surface area contributed by atoms with Gasteiger partial charge in [-0.2, -0.15) is 0 Å². The minimum Gasteiger partial charge on any atom is -0.444 e. The average molecular weight is 202 g/mol. The predicted molar refractivity (Wildman–Crippen MR) is 55.1 cm³/mol. The van der Waals surface area contributed by atoms with Crippen LogP contribution in [-0.4, -0.2) is 29.4 Å². The number of alkyl carbamates (subject to hydrolysis) is 1. The molecule has 0 spiro atoms. The standard InChI is InChI=1S/C10H19NO3/c1-5-6-8(7-12)11-9(13)14-10(2,3)4/h5,8,12H,1,6-7H2,2-4H3,(H,11,13)/t8-/m0/s1/i7D/t7?,8-. The third-order valence-corrected chi connectivity index (χ3v) is 1.30. The summed E-state index contributed by atoms with van der Waals surface area (Å²) < 4.78 is 12.1. The molecule has 0 rings (SSSR count). The molecule has 4 nitrogen and oxygen atoms in total. The summed E-state index contributed by atoms with van der Waals surface area (Å²) in [6.45, 7) is 7.33. The zero-order chi connectivity index (χ0) is 12.1. The summed E-state index contributed by atoms with van der Waals surface area (Å²) in [6, 6.07) is -0.683. The van der Waals surface area contributed by atoms with E-state index in [4.69, 9.17) is 11.2 Å². The number of aliphatic hydroxyl groups excluding tert-OH is 1. The van der Waals surface area contributed by atoms with Crippen molar-refractivity contribution in [1.29, 1.82) is 0 Å². The second kappa shape index (κ2) is 5.65.